The van der Waals surface area contributed by atoms with Crippen molar-refractivity contribution in [1.82, 2.24) is 5.48 Å². The fourth-order valence-electron chi connectivity index (χ4n) is 2.49. The summed E-state index contributed by atoms with van der Waals surface area (Å²) in [5.74, 6) is 0.448. The molecule has 0 bridgehead atoms. The molecule has 1 fully saturated rings. The molecule has 2 aromatic rings. The number of hydrogen-bond acceptors (Lipinski definition) is 4. The highest BCUT2D eigenvalue weighted by Crippen LogP contribution is 2.16. The molecule has 1 saturated heterocycles. The average molecular weight is 327 g/mol. The van der Waals surface area contributed by atoms with Gasteiger partial charge >= 0.3 is 0 Å². The monoisotopic (exact) mass is 327 g/mol. The molecular weight excluding hydrogens is 306 g/mol. The van der Waals surface area contributed by atoms with Gasteiger partial charge in [-0.3, -0.25) is 9.63 Å². The van der Waals surface area contributed by atoms with Gasteiger partial charge in [-0.15, -0.1) is 0 Å². The molecule has 1 amide bonds. The lowest BCUT2D eigenvalue weighted by atomic mass is 10.2. The van der Waals surface area contributed by atoms with Gasteiger partial charge in [-0.25, -0.2) is 5.48 Å². The van der Waals surface area contributed by atoms with Gasteiger partial charge < -0.3 is 9.47 Å². The van der Waals surface area contributed by atoms with Crippen molar-refractivity contribution in [3.05, 3.63) is 65.7 Å². The molecule has 0 spiro atoms. The van der Waals surface area contributed by atoms with Crippen molar-refractivity contribution in [2.45, 2.75) is 25.6 Å². The molecular formula is C19H21NO4. The number of hydrogen-bond donors (Lipinski definition) is 1. The van der Waals surface area contributed by atoms with Gasteiger partial charge in [-0.2, -0.15) is 0 Å². The Balaban J connectivity index is 1.43. The number of carbonyl (C=O) groups excluding carboxylic acids is 1. The molecule has 0 aromatic heterocycles. The quantitative estimate of drug-likeness (QED) is 0.794. The van der Waals surface area contributed by atoms with Gasteiger partial charge in [0.2, 0.25) is 0 Å². The number of nitrogens with one attached hydrogen (secondary N) is 1. The molecule has 5 nitrogen and oxygen atoms in total. The summed E-state index contributed by atoms with van der Waals surface area (Å²) in [4.78, 5) is 17.3. The number of carbonyl (C=O) groups is 1. The molecule has 0 saturated carbocycles. The Labute approximate surface area is 141 Å². The Hall–Kier alpha value is -2.37. The van der Waals surface area contributed by atoms with Crippen LogP contribution in [0.25, 0.3) is 0 Å². The second-order valence-electron chi connectivity index (χ2n) is 5.68. The molecule has 5 heteroatoms. The van der Waals surface area contributed by atoms with Crippen LogP contribution in [0.4, 0.5) is 0 Å². The predicted molar refractivity (Wildman–Crippen MR) is 89.6 cm³/mol. The predicted octanol–water partition coefficient (Wildman–Crippen LogP) is 3.11. The zero-order valence-corrected chi connectivity index (χ0v) is 13.4. The second-order valence-corrected chi connectivity index (χ2v) is 5.68. The molecule has 1 aliphatic rings. The molecule has 1 N–H and O–H groups in total. The highest BCUT2D eigenvalue weighted by molar-refractivity contribution is 5.93. The van der Waals surface area contributed by atoms with Gasteiger partial charge in [-0.05, 0) is 42.7 Å². The van der Waals surface area contributed by atoms with Crippen LogP contribution in [0.5, 0.6) is 5.75 Å². The first-order valence-electron chi connectivity index (χ1n) is 8.12. The van der Waals surface area contributed by atoms with Crippen molar-refractivity contribution >= 4 is 5.91 Å². The summed E-state index contributed by atoms with van der Waals surface area (Å²) in [5, 5.41) is 0. The Morgan fingerprint density at radius 2 is 1.92 bits per heavy atom. The first kappa shape index (κ1) is 16.5. The molecule has 1 atom stereocenters. The third-order valence-electron chi connectivity index (χ3n) is 3.82. The largest absolute Gasteiger partial charge is 0.491 e. The first-order chi connectivity index (χ1) is 11.8. The summed E-state index contributed by atoms with van der Waals surface area (Å²) >= 11 is 0. The van der Waals surface area contributed by atoms with Crippen LogP contribution in [0.3, 0.4) is 0 Å². The van der Waals surface area contributed by atoms with Crippen LogP contribution in [0.15, 0.2) is 54.6 Å². The van der Waals surface area contributed by atoms with Crippen LogP contribution in [-0.2, 0) is 16.2 Å². The van der Waals surface area contributed by atoms with Gasteiger partial charge in [0.05, 0.1) is 12.7 Å². The summed E-state index contributed by atoms with van der Waals surface area (Å²) in [6.07, 6.45) is 2.31. The Morgan fingerprint density at radius 3 is 2.62 bits per heavy atom. The maximum atomic E-state index is 12.0. The lowest BCUT2D eigenvalue weighted by molar-refractivity contribution is 0.0233. The van der Waals surface area contributed by atoms with Crippen LogP contribution >= 0.6 is 0 Å². The minimum Gasteiger partial charge on any atom is -0.491 e. The number of benzene rings is 2. The smallest absolute Gasteiger partial charge is 0.274 e. The zero-order valence-electron chi connectivity index (χ0n) is 13.4. The summed E-state index contributed by atoms with van der Waals surface area (Å²) < 4.78 is 11.2. The maximum Gasteiger partial charge on any atom is 0.274 e. The zero-order chi connectivity index (χ0) is 16.6. The SMILES string of the molecule is O=C(NOCc1ccccc1)c1ccc(OC[C@H]2CCCO2)cc1. The van der Waals surface area contributed by atoms with E-state index in [2.05, 4.69) is 5.48 Å². The normalized spacial score (nSPS) is 16.8. The van der Waals surface area contributed by atoms with Crippen LogP contribution in [0.2, 0.25) is 0 Å². The van der Waals surface area contributed by atoms with Gasteiger partial charge in [0.1, 0.15) is 12.4 Å². The average Bonchev–Trinajstić information content (AvgIpc) is 3.15. The van der Waals surface area contributed by atoms with Gasteiger partial charge in [0.25, 0.3) is 5.91 Å². The summed E-state index contributed by atoms with van der Waals surface area (Å²) in [5.41, 5.74) is 3.96. The van der Waals surface area contributed by atoms with E-state index in [0.717, 1.165) is 30.8 Å². The summed E-state index contributed by atoms with van der Waals surface area (Å²) in [6.45, 7) is 1.69. The minimum absolute atomic E-state index is 0.180. The van der Waals surface area contributed by atoms with Crippen molar-refractivity contribution in [3.63, 3.8) is 0 Å². The molecule has 2 aromatic carbocycles. The van der Waals surface area contributed by atoms with Gasteiger partial charge in [-0.1, -0.05) is 30.3 Å². The molecule has 0 radical (unpaired) electrons. The fraction of sp³-hybridized carbons (Fsp3) is 0.316. The maximum absolute atomic E-state index is 12.0. The number of ether oxygens (including phenoxy) is 2. The lowest BCUT2D eigenvalue weighted by Crippen LogP contribution is -2.23. The Kier molecular flexibility index (Phi) is 5.82. The highest BCUT2D eigenvalue weighted by atomic mass is 16.6. The number of amides is 1. The van der Waals surface area contributed by atoms with E-state index in [0.29, 0.717) is 18.8 Å². The van der Waals surface area contributed by atoms with E-state index in [1.165, 1.54) is 0 Å². The van der Waals surface area contributed by atoms with Crippen molar-refractivity contribution in [2.75, 3.05) is 13.2 Å². The minimum atomic E-state index is -0.281. The van der Waals surface area contributed by atoms with Crippen LogP contribution in [-0.4, -0.2) is 25.2 Å². The van der Waals surface area contributed by atoms with E-state index < -0.39 is 0 Å². The first-order valence-corrected chi connectivity index (χ1v) is 8.12. The third kappa shape index (κ3) is 4.81. The van der Waals surface area contributed by atoms with Crippen LogP contribution in [0, 0.1) is 0 Å². The number of rotatable bonds is 7. The molecule has 3 rings (SSSR count). The third-order valence-corrected chi connectivity index (χ3v) is 3.82. The molecule has 24 heavy (non-hydrogen) atoms. The fourth-order valence-corrected chi connectivity index (χ4v) is 2.49. The van der Waals surface area contributed by atoms with Crippen molar-refractivity contribution < 1.29 is 19.1 Å². The summed E-state index contributed by atoms with van der Waals surface area (Å²) in [7, 11) is 0. The van der Waals surface area contributed by atoms with Gasteiger partial charge in [0.15, 0.2) is 0 Å². The van der Waals surface area contributed by atoms with E-state index in [-0.39, 0.29) is 12.0 Å². The number of hydroxylamine groups is 1. The van der Waals surface area contributed by atoms with Crippen molar-refractivity contribution in [3.8, 4) is 5.75 Å². The van der Waals surface area contributed by atoms with E-state index >= 15 is 0 Å². The van der Waals surface area contributed by atoms with E-state index in [4.69, 9.17) is 14.3 Å². The highest BCUT2D eigenvalue weighted by Gasteiger charge is 2.16. The lowest BCUT2D eigenvalue weighted by Gasteiger charge is -2.11. The Bertz CT molecular complexity index is 636. The molecule has 0 aliphatic carbocycles. The molecule has 1 heterocycles. The van der Waals surface area contributed by atoms with E-state index in [9.17, 15) is 4.79 Å². The molecule has 1 aliphatic heterocycles. The van der Waals surface area contributed by atoms with Gasteiger partial charge in [0, 0.05) is 12.2 Å². The Morgan fingerprint density at radius 1 is 1.12 bits per heavy atom. The van der Waals surface area contributed by atoms with Crippen molar-refractivity contribution in [1.29, 1.82) is 0 Å². The van der Waals surface area contributed by atoms with E-state index in [1.54, 1.807) is 24.3 Å². The molecule has 126 valence electrons. The second kappa shape index (κ2) is 8.47. The topological polar surface area (TPSA) is 56.8 Å². The standard InChI is InChI=1S/C19H21NO4/c21-19(20-24-13-15-5-2-1-3-6-15)16-8-10-17(11-9-16)23-14-18-7-4-12-22-18/h1-3,5-6,8-11,18H,4,7,12-14H2,(H,20,21)/t18-/m1/s1. The molecule has 0 unspecified atom stereocenters. The van der Waals surface area contributed by atoms with Crippen LogP contribution < -0.4 is 10.2 Å². The summed E-state index contributed by atoms with van der Waals surface area (Å²) in [6, 6.07) is 16.6. The van der Waals surface area contributed by atoms with Crippen LogP contribution in [0.1, 0.15) is 28.8 Å². The van der Waals surface area contributed by atoms with Crippen molar-refractivity contribution in [2.24, 2.45) is 0 Å². The van der Waals surface area contributed by atoms with E-state index in [1.807, 2.05) is 30.3 Å².